The molecule has 0 aromatic carbocycles. The minimum Gasteiger partial charge on any atom is -0.342 e. The van der Waals surface area contributed by atoms with Crippen molar-refractivity contribution in [1.82, 2.24) is 4.90 Å². The van der Waals surface area contributed by atoms with Crippen LogP contribution in [0.5, 0.6) is 0 Å². The normalized spacial score (nSPS) is 47.1. The molecule has 29 heavy (non-hydrogen) atoms. The van der Waals surface area contributed by atoms with Crippen LogP contribution in [0.2, 0.25) is 0 Å². The summed E-state index contributed by atoms with van der Waals surface area (Å²) in [5, 5.41) is 0. The second-order valence-corrected chi connectivity index (χ2v) is 12.5. The lowest BCUT2D eigenvalue weighted by molar-refractivity contribution is -0.159. The highest BCUT2D eigenvalue weighted by molar-refractivity contribution is 5.77. The molecule has 1 saturated heterocycles. The summed E-state index contributed by atoms with van der Waals surface area (Å²) < 4.78 is 0. The minimum atomic E-state index is 0.363. The third kappa shape index (κ3) is 3.49. The molecular formula is C27H47NO. The maximum Gasteiger partial charge on any atom is 0.222 e. The fourth-order valence-corrected chi connectivity index (χ4v) is 9.23. The predicted molar refractivity (Wildman–Crippen MR) is 122 cm³/mol. The molecule has 4 rings (SSSR count). The molecule has 1 heterocycles. The van der Waals surface area contributed by atoms with Gasteiger partial charge in [0.2, 0.25) is 5.91 Å². The van der Waals surface area contributed by atoms with Gasteiger partial charge in [-0.2, -0.15) is 0 Å². The van der Waals surface area contributed by atoms with E-state index in [0.717, 1.165) is 48.3 Å². The Morgan fingerprint density at radius 3 is 2.55 bits per heavy atom. The van der Waals surface area contributed by atoms with Crippen LogP contribution in [0.1, 0.15) is 105 Å². The molecule has 4 aliphatic rings. The van der Waals surface area contributed by atoms with Crippen molar-refractivity contribution in [3.63, 3.8) is 0 Å². The van der Waals surface area contributed by atoms with Crippen molar-refractivity contribution in [2.45, 2.75) is 111 Å². The van der Waals surface area contributed by atoms with E-state index in [9.17, 15) is 4.79 Å². The molecule has 0 radical (unpaired) electrons. The maximum atomic E-state index is 12.4. The lowest BCUT2D eigenvalue weighted by Gasteiger charge is -2.62. The molecule has 1 amide bonds. The number of unbranched alkanes of at least 4 members (excludes halogenated alkanes) is 1. The zero-order valence-corrected chi connectivity index (χ0v) is 20.2. The first-order valence-electron chi connectivity index (χ1n) is 12.9. The SMILES string of the molecule is CC(C)CCCC[C@H]1C[C@@H](C)[C@H]2[C@@H]3CC[C@H]4N(C)C(=O)CC[C@]4(C)[C@H]3CC[C@]12C. The van der Waals surface area contributed by atoms with Crippen LogP contribution in [-0.4, -0.2) is 23.9 Å². The van der Waals surface area contributed by atoms with E-state index >= 15 is 0 Å². The zero-order valence-electron chi connectivity index (χ0n) is 20.2. The molecule has 2 nitrogen and oxygen atoms in total. The zero-order chi connectivity index (χ0) is 21.0. The van der Waals surface area contributed by atoms with E-state index in [1.807, 2.05) is 0 Å². The van der Waals surface area contributed by atoms with E-state index in [1.165, 1.54) is 57.8 Å². The van der Waals surface area contributed by atoms with Gasteiger partial charge < -0.3 is 4.90 Å². The highest BCUT2D eigenvalue weighted by atomic mass is 16.2. The Morgan fingerprint density at radius 1 is 1.07 bits per heavy atom. The van der Waals surface area contributed by atoms with Gasteiger partial charge in [-0.05, 0) is 91.3 Å². The first kappa shape index (κ1) is 21.7. The van der Waals surface area contributed by atoms with Crippen LogP contribution in [0.3, 0.4) is 0 Å². The minimum absolute atomic E-state index is 0.363. The monoisotopic (exact) mass is 401 g/mol. The van der Waals surface area contributed by atoms with Crippen molar-refractivity contribution in [3.8, 4) is 0 Å². The topological polar surface area (TPSA) is 20.3 Å². The number of carbonyl (C=O) groups excluding carboxylic acids is 1. The van der Waals surface area contributed by atoms with Gasteiger partial charge in [-0.25, -0.2) is 0 Å². The molecule has 0 N–H and O–H groups in total. The number of amides is 1. The quantitative estimate of drug-likeness (QED) is 0.457. The molecule has 4 fully saturated rings. The summed E-state index contributed by atoms with van der Waals surface area (Å²) in [5.74, 6) is 5.78. The molecular weight excluding hydrogens is 354 g/mol. The summed E-state index contributed by atoms with van der Waals surface area (Å²) in [6.07, 6.45) is 14.6. The first-order chi connectivity index (χ1) is 13.7. The highest BCUT2D eigenvalue weighted by Crippen LogP contribution is 2.68. The van der Waals surface area contributed by atoms with Crippen LogP contribution in [0.25, 0.3) is 0 Å². The van der Waals surface area contributed by atoms with Crippen molar-refractivity contribution < 1.29 is 4.79 Å². The Kier molecular flexibility index (Phi) is 5.88. The first-order valence-corrected chi connectivity index (χ1v) is 12.9. The molecule has 1 aliphatic heterocycles. The molecule has 0 aromatic rings. The number of carbonyl (C=O) groups is 1. The Bertz CT molecular complexity index is 614. The number of piperidine rings is 1. The molecule has 0 unspecified atom stereocenters. The third-order valence-electron chi connectivity index (χ3n) is 10.6. The summed E-state index contributed by atoms with van der Waals surface area (Å²) in [6.45, 7) is 12.6. The molecule has 166 valence electrons. The van der Waals surface area contributed by atoms with Gasteiger partial charge >= 0.3 is 0 Å². The van der Waals surface area contributed by atoms with Crippen LogP contribution in [0, 0.1) is 46.3 Å². The average Bonchev–Trinajstić information content (AvgIpc) is 2.92. The lowest BCUT2D eigenvalue weighted by atomic mass is 9.46. The Balaban J connectivity index is 1.50. The number of nitrogens with zero attached hydrogens (tertiary/aromatic N) is 1. The maximum absolute atomic E-state index is 12.4. The molecule has 0 aromatic heterocycles. The molecule has 3 saturated carbocycles. The molecule has 0 spiro atoms. The standard InChI is InChI=1S/C27H47NO/c1-18(2)9-7-8-10-20-17-19(3)25-21-11-12-23-27(5,16-14-24(29)28(23)6)22(21)13-15-26(20,25)4/h18-23,25H,7-17H2,1-6H3/t19-,20+,21-,22+,23-,25+,26-,27-/m1/s1. The van der Waals surface area contributed by atoms with E-state index < -0.39 is 0 Å². The molecule has 3 aliphatic carbocycles. The van der Waals surface area contributed by atoms with Crippen molar-refractivity contribution in [2.75, 3.05) is 7.05 Å². The Morgan fingerprint density at radius 2 is 1.83 bits per heavy atom. The largest absolute Gasteiger partial charge is 0.342 e. The average molecular weight is 402 g/mol. The Labute approximate surface area is 180 Å². The van der Waals surface area contributed by atoms with E-state index in [-0.39, 0.29) is 0 Å². The van der Waals surface area contributed by atoms with E-state index in [1.54, 1.807) is 0 Å². The van der Waals surface area contributed by atoms with Gasteiger partial charge in [0.05, 0.1) is 0 Å². The van der Waals surface area contributed by atoms with Crippen molar-refractivity contribution in [1.29, 1.82) is 0 Å². The van der Waals surface area contributed by atoms with Gasteiger partial charge in [-0.1, -0.05) is 53.9 Å². The molecule has 8 atom stereocenters. The lowest BCUT2D eigenvalue weighted by Crippen LogP contribution is -2.61. The molecule has 0 bridgehead atoms. The van der Waals surface area contributed by atoms with Crippen LogP contribution in [0.4, 0.5) is 0 Å². The predicted octanol–water partition coefficient (Wildman–Crippen LogP) is 6.93. The van der Waals surface area contributed by atoms with Gasteiger partial charge in [0.1, 0.15) is 0 Å². The van der Waals surface area contributed by atoms with Crippen molar-refractivity contribution >= 4 is 5.91 Å². The van der Waals surface area contributed by atoms with E-state index in [2.05, 4.69) is 46.6 Å². The number of fused-ring (bicyclic) bond motifs is 5. The summed E-state index contributed by atoms with van der Waals surface area (Å²) >= 11 is 0. The van der Waals surface area contributed by atoms with E-state index in [4.69, 9.17) is 0 Å². The Hall–Kier alpha value is -0.530. The van der Waals surface area contributed by atoms with Gasteiger partial charge in [0.15, 0.2) is 0 Å². The second-order valence-electron chi connectivity index (χ2n) is 12.5. The second kappa shape index (κ2) is 7.86. The van der Waals surface area contributed by atoms with Crippen LogP contribution in [-0.2, 0) is 4.79 Å². The fraction of sp³-hybridized carbons (Fsp3) is 0.963. The van der Waals surface area contributed by atoms with Crippen LogP contribution in [0.15, 0.2) is 0 Å². The summed E-state index contributed by atoms with van der Waals surface area (Å²) in [7, 11) is 2.09. The van der Waals surface area contributed by atoms with Crippen LogP contribution < -0.4 is 0 Å². The highest BCUT2D eigenvalue weighted by Gasteiger charge is 2.62. The van der Waals surface area contributed by atoms with Gasteiger partial charge in [0, 0.05) is 19.5 Å². The van der Waals surface area contributed by atoms with Gasteiger partial charge in [-0.15, -0.1) is 0 Å². The van der Waals surface area contributed by atoms with Crippen molar-refractivity contribution in [2.24, 2.45) is 46.3 Å². The summed E-state index contributed by atoms with van der Waals surface area (Å²) in [5.41, 5.74) is 0.944. The van der Waals surface area contributed by atoms with Crippen molar-refractivity contribution in [3.05, 3.63) is 0 Å². The van der Waals surface area contributed by atoms with Crippen LogP contribution >= 0.6 is 0 Å². The number of rotatable bonds is 5. The fourth-order valence-electron chi connectivity index (χ4n) is 9.23. The van der Waals surface area contributed by atoms with Gasteiger partial charge in [0.25, 0.3) is 0 Å². The number of hydrogen-bond donors (Lipinski definition) is 0. The third-order valence-corrected chi connectivity index (χ3v) is 10.6. The smallest absolute Gasteiger partial charge is 0.222 e. The number of likely N-dealkylation sites (tertiary alicyclic amines) is 1. The van der Waals surface area contributed by atoms with E-state index in [0.29, 0.717) is 22.8 Å². The summed E-state index contributed by atoms with van der Waals surface area (Å²) in [4.78, 5) is 14.5. The number of hydrogen-bond acceptors (Lipinski definition) is 1. The molecule has 2 heteroatoms. The van der Waals surface area contributed by atoms with Gasteiger partial charge in [-0.3, -0.25) is 4.79 Å². The summed E-state index contributed by atoms with van der Waals surface area (Å²) in [6, 6.07) is 0.498.